The van der Waals surface area contributed by atoms with Crippen molar-refractivity contribution in [3.05, 3.63) is 41.7 Å². The van der Waals surface area contributed by atoms with Crippen molar-refractivity contribution in [2.45, 2.75) is 36.8 Å². The third kappa shape index (κ3) is 2.84. The molecule has 1 amide bonds. The standard InChI is InChI=1S/C17H21N3O3S/c1-12-6-7-15(9-13(12)2)24(22,23)16-5-4-8-20(17(16)21)14-10-18-19(3)11-14/h6-7,9-11,16H,4-5,8H2,1-3H3/t16-/m1/s1. The first-order valence-electron chi connectivity index (χ1n) is 7.92. The fourth-order valence-corrected chi connectivity index (χ4v) is 4.79. The SMILES string of the molecule is Cc1ccc(S(=O)(=O)[C@@H]2CCCN(c3cnn(C)c3)C2=O)cc1C. The maximum atomic E-state index is 13.0. The van der Waals surface area contributed by atoms with Gasteiger partial charge >= 0.3 is 0 Å². The van der Waals surface area contributed by atoms with Gasteiger partial charge in [-0.15, -0.1) is 0 Å². The van der Waals surface area contributed by atoms with E-state index in [0.717, 1.165) is 11.1 Å². The number of carbonyl (C=O) groups is 1. The van der Waals surface area contributed by atoms with Crippen molar-refractivity contribution in [2.24, 2.45) is 7.05 Å². The second kappa shape index (κ2) is 6.05. The molecule has 1 fully saturated rings. The van der Waals surface area contributed by atoms with E-state index in [4.69, 9.17) is 0 Å². The van der Waals surface area contributed by atoms with Crippen LogP contribution in [0.3, 0.4) is 0 Å². The van der Waals surface area contributed by atoms with Gasteiger partial charge in [-0.2, -0.15) is 5.10 Å². The zero-order chi connectivity index (χ0) is 17.5. The summed E-state index contributed by atoms with van der Waals surface area (Å²) in [6, 6.07) is 5.03. The summed E-state index contributed by atoms with van der Waals surface area (Å²) in [5.41, 5.74) is 2.58. The number of sulfone groups is 1. The molecular formula is C17H21N3O3S. The van der Waals surface area contributed by atoms with Crippen molar-refractivity contribution in [1.82, 2.24) is 9.78 Å². The predicted molar refractivity (Wildman–Crippen MR) is 91.7 cm³/mol. The number of anilines is 1. The summed E-state index contributed by atoms with van der Waals surface area (Å²) in [7, 11) is -1.94. The normalized spacial score (nSPS) is 18.9. The van der Waals surface area contributed by atoms with E-state index in [9.17, 15) is 13.2 Å². The number of rotatable bonds is 3. The molecule has 0 saturated carbocycles. The van der Waals surface area contributed by atoms with Crippen LogP contribution in [0.15, 0.2) is 35.5 Å². The largest absolute Gasteiger partial charge is 0.308 e. The monoisotopic (exact) mass is 347 g/mol. The Bertz CT molecular complexity index is 886. The zero-order valence-electron chi connectivity index (χ0n) is 14.1. The van der Waals surface area contributed by atoms with Gasteiger partial charge in [0.25, 0.3) is 0 Å². The molecule has 0 N–H and O–H groups in total. The molecule has 2 aromatic rings. The molecule has 24 heavy (non-hydrogen) atoms. The molecule has 2 heterocycles. The molecule has 0 radical (unpaired) electrons. The van der Waals surface area contributed by atoms with Gasteiger partial charge in [-0.3, -0.25) is 9.48 Å². The van der Waals surface area contributed by atoms with Gasteiger partial charge in [0.1, 0.15) is 5.25 Å². The molecule has 0 unspecified atom stereocenters. The molecule has 0 bridgehead atoms. The summed E-state index contributed by atoms with van der Waals surface area (Å²) in [4.78, 5) is 14.6. The number of hydrogen-bond acceptors (Lipinski definition) is 4. The third-order valence-corrected chi connectivity index (χ3v) is 6.67. The molecule has 1 aromatic heterocycles. The average molecular weight is 347 g/mol. The van der Waals surface area contributed by atoms with Crippen molar-refractivity contribution in [3.63, 3.8) is 0 Å². The summed E-state index contributed by atoms with van der Waals surface area (Å²) in [5.74, 6) is -0.368. The van der Waals surface area contributed by atoms with Crippen LogP contribution in [0, 0.1) is 13.8 Å². The molecule has 1 aliphatic rings. The Labute approximate surface area is 142 Å². The lowest BCUT2D eigenvalue weighted by Gasteiger charge is -2.31. The highest BCUT2D eigenvalue weighted by atomic mass is 32.2. The fourth-order valence-electron chi connectivity index (χ4n) is 2.99. The lowest BCUT2D eigenvalue weighted by atomic mass is 10.1. The molecule has 6 nitrogen and oxygen atoms in total. The van der Waals surface area contributed by atoms with E-state index in [2.05, 4.69) is 5.10 Å². The molecule has 7 heteroatoms. The van der Waals surface area contributed by atoms with Crippen LogP contribution >= 0.6 is 0 Å². The number of aromatic nitrogens is 2. The van der Waals surface area contributed by atoms with E-state index in [1.165, 1.54) is 4.90 Å². The van der Waals surface area contributed by atoms with Gasteiger partial charge < -0.3 is 4.90 Å². The van der Waals surface area contributed by atoms with Crippen LogP contribution in [0.1, 0.15) is 24.0 Å². The Balaban J connectivity index is 1.95. The maximum absolute atomic E-state index is 13.0. The summed E-state index contributed by atoms with van der Waals surface area (Å²) in [5, 5.41) is 3.03. The molecule has 1 atom stereocenters. The maximum Gasteiger partial charge on any atom is 0.245 e. The van der Waals surface area contributed by atoms with Crippen LogP contribution in [0.25, 0.3) is 0 Å². The second-order valence-corrected chi connectivity index (χ2v) is 8.41. The number of amides is 1. The quantitative estimate of drug-likeness (QED) is 0.851. The first kappa shape index (κ1) is 16.7. The van der Waals surface area contributed by atoms with Gasteiger partial charge in [-0.25, -0.2) is 8.42 Å². The van der Waals surface area contributed by atoms with E-state index in [1.54, 1.807) is 42.3 Å². The minimum absolute atomic E-state index is 0.219. The van der Waals surface area contributed by atoms with E-state index < -0.39 is 15.1 Å². The van der Waals surface area contributed by atoms with Gasteiger partial charge in [0.2, 0.25) is 5.91 Å². The number of benzene rings is 1. The van der Waals surface area contributed by atoms with Crippen molar-refractivity contribution in [3.8, 4) is 0 Å². The molecular weight excluding hydrogens is 326 g/mol. The molecule has 1 saturated heterocycles. The first-order chi connectivity index (χ1) is 11.3. The van der Waals surface area contributed by atoms with E-state index in [0.29, 0.717) is 25.1 Å². The van der Waals surface area contributed by atoms with E-state index in [1.807, 2.05) is 13.8 Å². The lowest BCUT2D eigenvalue weighted by molar-refractivity contribution is -0.119. The Hall–Kier alpha value is -2.15. The van der Waals surface area contributed by atoms with Crippen LogP contribution in [0.2, 0.25) is 0 Å². The van der Waals surface area contributed by atoms with Crippen LogP contribution in [0.4, 0.5) is 5.69 Å². The number of aryl methyl sites for hydroxylation is 3. The van der Waals surface area contributed by atoms with Gasteiger partial charge in [0.15, 0.2) is 9.84 Å². The van der Waals surface area contributed by atoms with Crippen molar-refractivity contribution in [1.29, 1.82) is 0 Å². The molecule has 1 aromatic carbocycles. The average Bonchev–Trinajstić information content (AvgIpc) is 2.96. The number of hydrogen-bond donors (Lipinski definition) is 0. The zero-order valence-corrected chi connectivity index (χ0v) is 14.9. The van der Waals surface area contributed by atoms with Gasteiger partial charge in [0, 0.05) is 19.8 Å². The molecule has 1 aliphatic heterocycles. The van der Waals surface area contributed by atoms with Gasteiger partial charge in [-0.05, 0) is 49.9 Å². The molecule has 3 rings (SSSR count). The minimum Gasteiger partial charge on any atom is -0.308 e. The third-order valence-electron chi connectivity index (χ3n) is 4.57. The highest BCUT2D eigenvalue weighted by Crippen LogP contribution is 2.28. The number of nitrogens with zero attached hydrogens (tertiary/aromatic N) is 3. The summed E-state index contributed by atoms with van der Waals surface area (Å²) < 4.78 is 27.6. The first-order valence-corrected chi connectivity index (χ1v) is 9.46. The van der Waals surface area contributed by atoms with E-state index in [-0.39, 0.29) is 10.8 Å². The Morgan fingerprint density at radius 1 is 1.21 bits per heavy atom. The number of piperidine rings is 1. The summed E-state index contributed by atoms with van der Waals surface area (Å²) in [6.07, 6.45) is 4.31. The van der Waals surface area contributed by atoms with Crippen LogP contribution in [-0.4, -0.2) is 35.9 Å². The van der Waals surface area contributed by atoms with Gasteiger partial charge in [0.05, 0.1) is 16.8 Å². The lowest BCUT2D eigenvalue weighted by Crippen LogP contribution is -2.47. The summed E-state index contributed by atoms with van der Waals surface area (Å²) >= 11 is 0. The molecule has 0 spiro atoms. The Morgan fingerprint density at radius 3 is 2.58 bits per heavy atom. The van der Waals surface area contributed by atoms with Crippen molar-refractivity contribution >= 4 is 21.4 Å². The van der Waals surface area contributed by atoms with Crippen molar-refractivity contribution < 1.29 is 13.2 Å². The highest BCUT2D eigenvalue weighted by molar-refractivity contribution is 7.92. The molecule has 128 valence electrons. The summed E-state index contributed by atoms with van der Waals surface area (Å²) in [6.45, 7) is 4.32. The Morgan fingerprint density at radius 2 is 1.96 bits per heavy atom. The predicted octanol–water partition coefficient (Wildman–Crippen LogP) is 2.01. The smallest absolute Gasteiger partial charge is 0.245 e. The van der Waals surface area contributed by atoms with Crippen LogP contribution in [-0.2, 0) is 21.7 Å². The second-order valence-electron chi connectivity index (χ2n) is 6.28. The fraction of sp³-hybridized carbons (Fsp3) is 0.412. The van der Waals surface area contributed by atoms with Crippen LogP contribution < -0.4 is 4.90 Å². The van der Waals surface area contributed by atoms with Crippen LogP contribution in [0.5, 0.6) is 0 Å². The minimum atomic E-state index is -3.70. The molecule has 0 aliphatic carbocycles. The van der Waals surface area contributed by atoms with E-state index >= 15 is 0 Å². The topological polar surface area (TPSA) is 72.3 Å². The highest BCUT2D eigenvalue weighted by Gasteiger charge is 2.40. The number of carbonyl (C=O) groups excluding carboxylic acids is 1. The van der Waals surface area contributed by atoms with Crippen molar-refractivity contribution in [2.75, 3.05) is 11.4 Å². The van der Waals surface area contributed by atoms with Gasteiger partial charge in [-0.1, -0.05) is 6.07 Å². The Kier molecular flexibility index (Phi) is 4.21.